The summed E-state index contributed by atoms with van der Waals surface area (Å²) in [5, 5.41) is 14.6. The third-order valence-electron chi connectivity index (χ3n) is 3.33. The van der Waals surface area contributed by atoms with Crippen molar-refractivity contribution in [3.63, 3.8) is 0 Å². The van der Waals surface area contributed by atoms with Crippen molar-refractivity contribution in [3.8, 4) is 11.8 Å². The zero-order valence-corrected chi connectivity index (χ0v) is 13.0. The van der Waals surface area contributed by atoms with Crippen molar-refractivity contribution in [3.05, 3.63) is 59.7 Å². The van der Waals surface area contributed by atoms with Crippen LogP contribution in [0.1, 0.15) is 11.1 Å². The Balaban J connectivity index is 1.68. The molecular weight excluding hydrogens is 290 g/mol. The van der Waals surface area contributed by atoms with Crippen LogP contribution in [0, 0.1) is 11.3 Å². The van der Waals surface area contributed by atoms with Crippen molar-refractivity contribution in [1.82, 2.24) is 5.32 Å². The van der Waals surface area contributed by atoms with Crippen LogP contribution in [0.25, 0.3) is 0 Å². The van der Waals surface area contributed by atoms with Gasteiger partial charge in [0.25, 0.3) is 0 Å². The molecular formula is C18H19N3O2. The standard InChI is InChI=1S/C18H19N3O2/c1-23-17-8-4-14(5-9-17)10-11-20-13-18(22)21-16-6-2-15(12-19)3-7-16/h2-9,20H,10-11,13H2,1H3,(H,21,22). The SMILES string of the molecule is COc1ccc(CCNCC(=O)Nc2ccc(C#N)cc2)cc1. The fraction of sp³-hybridized carbons (Fsp3) is 0.222. The Morgan fingerprint density at radius 1 is 1.13 bits per heavy atom. The molecule has 2 N–H and O–H groups in total. The third-order valence-corrected chi connectivity index (χ3v) is 3.33. The van der Waals surface area contributed by atoms with Crippen molar-refractivity contribution in [2.45, 2.75) is 6.42 Å². The van der Waals surface area contributed by atoms with E-state index < -0.39 is 0 Å². The maximum Gasteiger partial charge on any atom is 0.238 e. The number of nitrogens with zero attached hydrogens (tertiary/aromatic N) is 1. The van der Waals surface area contributed by atoms with Gasteiger partial charge in [-0.05, 0) is 54.9 Å². The molecule has 0 radical (unpaired) electrons. The maximum atomic E-state index is 11.8. The smallest absolute Gasteiger partial charge is 0.238 e. The molecule has 5 nitrogen and oxygen atoms in total. The lowest BCUT2D eigenvalue weighted by Gasteiger charge is -2.07. The van der Waals surface area contributed by atoms with Gasteiger partial charge in [-0.15, -0.1) is 0 Å². The van der Waals surface area contributed by atoms with E-state index in [1.54, 1.807) is 31.4 Å². The number of hydrogen-bond donors (Lipinski definition) is 2. The van der Waals surface area contributed by atoms with Gasteiger partial charge >= 0.3 is 0 Å². The first-order chi connectivity index (χ1) is 11.2. The number of methoxy groups -OCH3 is 1. The molecule has 0 unspecified atom stereocenters. The second-order valence-electron chi connectivity index (χ2n) is 5.01. The Kier molecular flexibility index (Phi) is 6.16. The van der Waals surface area contributed by atoms with Crippen LogP contribution >= 0.6 is 0 Å². The highest BCUT2D eigenvalue weighted by Gasteiger charge is 2.02. The quantitative estimate of drug-likeness (QED) is 0.770. The normalized spacial score (nSPS) is 9.91. The second-order valence-corrected chi connectivity index (χ2v) is 5.01. The first-order valence-corrected chi connectivity index (χ1v) is 7.35. The minimum Gasteiger partial charge on any atom is -0.497 e. The lowest BCUT2D eigenvalue weighted by atomic mass is 10.1. The predicted molar refractivity (Wildman–Crippen MR) is 89.4 cm³/mol. The van der Waals surface area contributed by atoms with Gasteiger partial charge in [-0.3, -0.25) is 4.79 Å². The van der Waals surface area contributed by atoms with E-state index >= 15 is 0 Å². The number of amides is 1. The van der Waals surface area contributed by atoms with Crippen LogP contribution in [0.5, 0.6) is 5.75 Å². The van der Waals surface area contributed by atoms with Crippen LogP contribution in [0.3, 0.4) is 0 Å². The maximum absolute atomic E-state index is 11.8. The molecule has 0 aliphatic heterocycles. The van der Waals surface area contributed by atoms with Crippen molar-refractivity contribution in [2.75, 3.05) is 25.5 Å². The van der Waals surface area contributed by atoms with Gasteiger partial charge in [0.2, 0.25) is 5.91 Å². The van der Waals surface area contributed by atoms with E-state index in [0.717, 1.165) is 12.2 Å². The molecule has 0 spiro atoms. The lowest BCUT2D eigenvalue weighted by Crippen LogP contribution is -2.29. The molecule has 1 amide bonds. The number of carbonyl (C=O) groups is 1. The number of nitriles is 1. The highest BCUT2D eigenvalue weighted by molar-refractivity contribution is 5.92. The van der Waals surface area contributed by atoms with Gasteiger partial charge in [0, 0.05) is 5.69 Å². The Morgan fingerprint density at radius 2 is 1.83 bits per heavy atom. The first-order valence-electron chi connectivity index (χ1n) is 7.35. The van der Waals surface area contributed by atoms with E-state index in [4.69, 9.17) is 10.00 Å². The van der Waals surface area contributed by atoms with Gasteiger partial charge in [0.15, 0.2) is 0 Å². The summed E-state index contributed by atoms with van der Waals surface area (Å²) in [5.41, 5.74) is 2.44. The molecule has 0 atom stereocenters. The van der Waals surface area contributed by atoms with Crippen molar-refractivity contribution < 1.29 is 9.53 Å². The van der Waals surface area contributed by atoms with Gasteiger partial charge in [0.05, 0.1) is 25.3 Å². The zero-order valence-electron chi connectivity index (χ0n) is 13.0. The molecule has 23 heavy (non-hydrogen) atoms. The first kappa shape index (κ1) is 16.5. The molecule has 118 valence electrons. The Bertz CT molecular complexity index is 673. The molecule has 0 fully saturated rings. The van der Waals surface area contributed by atoms with Crippen molar-refractivity contribution in [1.29, 1.82) is 5.26 Å². The Hall–Kier alpha value is -2.84. The molecule has 2 aromatic rings. The summed E-state index contributed by atoms with van der Waals surface area (Å²) in [5.74, 6) is 0.730. The topological polar surface area (TPSA) is 74.2 Å². The summed E-state index contributed by atoms with van der Waals surface area (Å²) in [6.45, 7) is 0.962. The van der Waals surface area contributed by atoms with Crippen molar-refractivity contribution in [2.24, 2.45) is 0 Å². The van der Waals surface area contributed by atoms with E-state index in [9.17, 15) is 4.79 Å². The lowest BCUT2D eigenvalue weighted by molar-refractivity contribution is -0.115. The molecule has 0 bridgehead atoms. The molecule has 0 aliphatic rings. The molecule has 0 aromatic heterocycles. The van der Waals surface area contributed by atoms with E-state index in [2.05, 4.69) is 10.6 Å². The van der Waals surface area contributed by atoms with Gasteiger partial charge in [-0.2, -0.15) is 5.26 Å². The fourth-order valence-electron chi connectivity index (χ4n) is 2.06. The van der Waals surface area contributed by atoms with E-state index in [-0.39, 0.29) is 12.5 Å². The number of rotatable bonds is 7. The number of carbonyl (C=O) groups excluding carboxylic acids is 1. The molecule has 2 rings (SSSR count). The number of benzene rings is 2. The summed E-state index contributed by atoms with van der Waals surface area (Å²) in [7, 11) is 1.64. The van der Waals surface area contributed by atoms with Crippen molar-refractivity contribution >= 4 is 11.6 Å². The average molecular weight is 309 g/mol. The van der Waals surface area contributed by atoms with Crippen LogP contribution in [0.4, 0.5) is 5.69 Å². The zero-order chi connectivity index (χ0) is 16.5. The highest BCUT2D eigenvalue weighted by atomic mass is 16.5. The van der Waals surface area contributed by atoms with Gasteiger partial charge in [0.1, 0.15) is 5.75 Å². The summed E-state index contributed by atoms with van der Waals surface area (Å²) in [6, 6.07) is 16.7. The number of anilines is 1. The minimum atomic E-state index is -0.107. The third kappa shape index (κ3) is 5.46. The Morgan fingerprint density at radius 3 is 2.43 bits per heavy atom. The number of hydrogen-bond acceptors (Lipinski definition) is 4. The summed E-state index contributed by atoms with van der Waals surface area (Å²) >= 11 is 0. The minimum absolute atomic E-state index is 0.107. The second kappa shape index (κ2) is 8.57. The van der Waals surface area contributed by atoms with Crippen LogP contribution in [0.15, 0.2) is 48.5 Å². The summed E-state index contributed by atoms with van der Waals surface area (Å²) < 4.78 is 5.11. The summed E-state index contributed by atoms with van der Waals surface area (Å²) in [6.07, 6.45) is 0.841. The average Bonchev–Trinajstić information content (AvgIpc) is 2.60. The van der Waals surface area contributed by atoms with E-state index in [1.807, 2.05) is 30.3 Å². The van der Waals surface area contributed by atoms with E-state index in [1.165, 1.54) is 5.56 Å². The van der Waals surface area contributed by atoms with Gasteiger partial charge in [-0.1, -0.05) is 12.1 Å². The summed E-state index contributed by atoms with van der Waals surface area (Å²) in [4.78, 5) is 11.8. The predicted octanol–water partition coefficient (Wildman–Crippen LogP) is 2.34. The van der Waals surface area contributed by atoms with Crippen LogP contribution in [0.2, 0.25) is 0 Å². The van der Waals surface area contributed by atoms with Crippen LogP contribution in [-0.2, 0) is 11.2 Å². The molecule has 0 saturated carbocycles. The molecule has 2 aromatic carbocycles. The largest absolute Gasteiger partial charge is 0.497 e. The molecule has 0 saturated heterocycles. The van der Waals surface area contributed by atoms with Crippen LogP contribution in [-0.4, -0.2) is 26.1 Å². The number of ether oxygens (including phenoxy) is 1. The number of nitrogens with one attached hydrogen (secondary N) is 2. The Labute approximate surface area is 135 Å². The molecule has 5 heteroatoms. The van der Waals surface area contributed by atoms with Gasteiger partial charge in [-0.25, -0.2) is 0 Å². The monoisotopic (exact) mass is 309 g/mol. The molecule has 0 aliphatic carbocycles. The molecule has 0 heterocycles. The van der Waals surface area contributed by atoms with Crippen LogP contribution < -0.4 is 15.4 Å². The van der Waals surface area contributed by atoms with Gasteiger partial charge < -0.3 is 15.4 Å². The van der Waals surface area contributed by atoms with E-state index in [0.29, 0.717) is 17.8 Å². The fourth-order valence-corrected chi connectivity index (χ4v) is 2.06. The highest BCUT2D eigenvalue weighted by Crippen LogP contribution is 2.11.